The fourth-order valence-corrected chi connectivity index (χ4v) is 1.86. The summed E-state index contributed by atoms with van der Waals surface area (Å²) in [6, 6.07) is 13.6. The minimum atomic E-state index is -0.294. The van der Waals surface area contributed by atoms with Crippen LogP contribution < -0.4 is 5.43 Å². The summed E-state index contributed by atoms with van der Waals surface area (Å²) in [6.07, 6.45) is 1.47. The third kappa shape index (κ3) is 3.93. The second-order valence-corrected chi connectivity index (χ2v) is 4.72. The lowest BCUT2D eigenvalue weighted by Gasteiger charge is -2.00. The van der Waals surface area contributed by atoms with Crippen molar-refractivity contribution in [3.05, 3.63) is 64.1 Å². The predicted octanol–water partition coefficient (Wildman–Crippen LogP) is 2.92. The maximum Gasteiger partial charge on any atom is 0.271 e. The standard InChI is InChI=1S/C14H11BrN2O2/c15-12-5-2-4-11(8-12)14(19)17-16-9-10-3-1-6-13(18)7-10/h1-9,18H,(H,17,19)/b16-9-. The Kier molecular flexibility index (Phi) is 4.30. The van der Waals surface area contributed by atoms with Crippen LogP contribution in [0.25, 0.3) is 0 Å². The van der Waals surface area contributed by atoms with Crippen molar-refractivity contribution in [3.8, 4) is 5.75 Å². The molecule has 0 spiro atoms. The molecule has 2 aromatic rings. The van der Waals surface area contributed by atoms with Crippen LogP contribution >= 0.6 is 15.9 Å². The highest BCUT2D eigenvalue weighted by Gasteiger charge is 2.03. The van der Waals surface area contributed by atoms with Gasteiger partial charge in [-0.15, -0.1) is 0 Å². The molecule has 2 aromatic carbocycles. The molecule has 0 aliphatic rings. The molecule has 0 saturated carbocycles. The summed E-state index contributed by atoms with van der Waals surface area (Å²) < 4.78 is 0.831. The third-order valence-electron chi connectivity index (χ3n) is 2.34. The van der Waals surface area contributed by atoms with Gasteiger partial charge in [0.1, 0.15) is 5.75 Å². The molecule has 96 valence electrons. The molecule has 0 saturated heterocycles. The van der Waals surface area contributed by atoms with Gasteiger partial charge in [0.05, 0.1) is 6.21 Å². The number of nitrogens with one attached hydrogen (secondary N) is 1. The molecule has 5 heteroatoms. The Hall–Kier alpha value is -2.14. The molecular weight excluding hydrogens is 308 g/mol. The van der Waals surface area contributed by atoms with Crippen LogP contribution in [0.1, 0.15) is 15.9 Å². The number of hydrazone groups is 1. The van der Waals surface area contributed by atoms with Crippen molar-refractivity contribution in [1.29, 1.82) is 0 Å². The van der Waals surface area contributed by atoms with Gasteiger partial charge in [-0.25, -0.2) is 5.43 Å². The number of hydrogen-bond donors (Lipinski definition) is 2. The number of carbonyl (C=O) groups excluding carboxylic acids is 1. The summed E-state index contributed by atoms with van der Waals surface area (Å²) in [7, 11) is 0. The lowest BCUT2D eigenvalue weighted by Crippen LogP contribution is -2.17. The molecule has 0 aromatic heterocycles. The van der Waals surface area contributed by atoms with E-state index in [1.807, 2.05) is 6.07 Å². The topological polar surface area (TPSA) is 61.7 Å². The van der Waals surface area contributed by atoms with Crippen LogP contribution in [0.3, 0.4) is 0 Å². The minimum Gasteiger partial charge on any atom is -0.508 e. The smallest absolute Gasteiger partial charge is 0.271 e. The maximum absolute atomic E-state index is 11.8. The summed E-state index contributed by atoms with van der Waals surface area (Å²) in [6.45, 7) is 0. The molecule has 0 fully saturated rings. The number of phenols is 1. The Balaban J connectivity index is 2.01. The lowest BCUT2D eigenvalue weighted by atomic mass is 10.2. The largest absolute Gasteiger partial charge is 0.508 e. The molecule has 19 heavy (non-hydrogen) atoms. The van der Waals surface area contributed by atoms with E-state index in [9.17, 15) is 9.90 Å². The van der Waals surface area contributed by atoms with E-state index in [-0.39, 0.29) is 11.7 Å². The van der Waals surface area contributed by atoms with Gasteiger partial charge in [0.2, 0.25) is 0 Å². The number of benzene rings is 2. The van der Waals surface area contributed by atoms with Crippen LogP contribution in [0.5, 0.6) is 5.75 Å². The number of aromatic hydroxyl groups is 1. The summed E-state index contributed by atoms with van der Waals surface area (Å²) >= 11 is 3.30. The second-order valence-electron chi connectivity index (χ2n) is 3.80. The van der Waals surface area contributed by atoms with E-state index in [2.05, 4.69) is 26.5 Å². The first-order chi connectivity index (χ1) is 9.15. The van der Waals surface area contributed by atoms with Crippen molar-refractivity contribution in [2.75, 3.05) is 0 Å². The molecule has 0 atom stereocenters. The van der Waals surface area contributed by atoms with Crippen molar-refractivity contribution < 1.29 is 9.90 Å². The first kappa shape index (κ1) is 13.3. The predicted molar refractivity (Wildman–Crippen MR) is 77.3 cm³/mol. The molecule has 0 aliphatic carbocycles. The van der Waals surface area contributed by atoms with Gasteiger partial charge >= 0.3 is 0 Å². The number of hydrogen-bond acceptors (Lipinski definition) is 3. The van der Waals surface area contributed by atoms with Crippen LogP contribution in [0.15, 0.2) is 58.1 Å². The maximum atomic E-state index is 11.8. The first-order valence-electron chi connectivity index (χ1n) is 5.53. The number of carbonyl (C=O) groups is 1. The SMILES string of the molecule is O=C(N/N=C\c1cccc(O)c1)c1cccc(Br)c1. The molecule has 0 aliphatic heterocycles. The van der Waals surface area contributed by atoms with E-state index in [1.165, 1.54) is 6.21 Å². The third-order valence-corrected chi connectivity index (χ3v) is 2.83. The van der Waals surface area contributed by atoms with Crippen molar-refractivity contribution in [3.63, 3.8) is 0 Å². The summed E-state index contributed by atoms with van der Waals surface area (Å²) in [5, 5.41) is 13.1. The van der Waals surface area contributed by atoms with E-state index in [0.717, 1.165) is 4.47 Å². The van der Waals surface area contributed by atoms with Gasteiger partial charge in [-0.3, -0.25) is 4.79 Å². The van der Waals surface area contributed by atoms with E-state index >= 15 is 0 Å². The molecule has 2 rings (SSSR count). The quantitative estimate of drug-likeness (QED) is 0.675. The number of phenolic OH excluding ortho intramolecular Hbond substituents is 1. The number of halogens is 1. The van der Waals surface area contributed by atoms with Gasteiger partial charge in [-0.2, -0.15) is 5.10 Å². The van der Waals surface area contributed by atoms with Crippen LogP contribution in [-0.4, -0.2) is 17.2 Å². The zero-order valence-corrected chi connectivity index (χ0v) is 11.5. The number of nitrogens with zero attached hydrogens (tertiary/aromatic N) is 1. The van der Waals surface area contributed by atoms with Crippen LogP contribution in [0.4, 0.5) is 0 Å². The van der Waals surface area contributed by atoms with Crippen LogP contribution in [0, 0.1) is 0 Å². The Morgan fingerprint density at radius 1 is 1.21 bits per heavy atom. The molecule has 0 radical (unpaired) electrons. The first-order valence-corrected chi connectivity index (χ1v) is 6.32. The Labute approximate surface area is 118 Å². The Bertz CT molecular complexity index is 626. The average molecular weight is 319 g/mol. The molecular formula is C14H11BrN2O2. The fraction of sp³-hybridized carbons (Fsp3) is 0. The Morgan fingerprint density at radius 2 is 2.00 bits per heavy atom. The lowest BCUT2D eigenvalue weighted by molar-refractivity contribution is 0.0955. The second kappa shape index (κ2) is 6.15. The highest BCUT2D eigenvalue weighted by molar-refractivity contribution is 9.10. The highest BCUT2D eigenvalue weighted by Crippen LogP contribution is 2.11. The fourth-order valence-electron chi connectivity index (χ4n) is 1.46. The summed E-state index contributed by atoms with van der Waals surface area (Å²) in [5.41, 5.74) is 3.64. The molecule has 4 nitrogen and oxygen atoms in total. The van der Waals surface area contributed by atoms with E-state index < -0.39 is 0 Å². The molecule has 1 amide bonds. The highest BCUT2D eigenvalue weighted by atomic mass is 79.9. The van der Waals surface area contributed by atoms with Gasteiger partial charge in [0.15, 0.2) is 0 Å². The normalized spacial score (nSPS) is 10.6. The van der Waals surface area contributed by atoms with E-state index in [1.54, 1.807) is 42.5 Å². The minimum absolute atomic E-state index is 0.155. The molecule has 2 N–H and O–H groups in total. The Morgan fingerprint density at radius 3 is 2.74 bits per heavy atom. The van der Waals surface area contributed by atoms with Crippen molar-refractivity contribution >= 4 is 28.1 Å². The number of amides is 1. The summed E-state index contributed by atoms with van der Waals surface area (Å²) in [5.74, 6) is -0.139. The summed E-state index contributed by atoms with van der Waals surface area (Å²) in [4.78, 5) is 11.8. The average Bonchev–Trinajstić information content (AvgIpc) is 2.38. The molecule has 0 bridgehead atoms. The molecule has 0 unspecified atom stereocenters. The van der Waals surface area contributed by atoms with Gasteiger partial charge in [-0.1, -0.05) is 34.1 Å². The van der Waals surface area contributed by atoms with E-state index in [4.69, 9.17) is 0 Å². The molecule has 0 heterocycles. The van der Waals surface area contributed by atoms with Gasteiger partial charge in [0, 0.05) is 10.0 Å². The van der Waals surface area contributed by atoms with Crippen molar-refractivity contribution in [2.45, 2.75) is 0 Å². The van der Waals surface area contributed by atoms with Crippen LogP contribution in [0.2, 0.25) is 0 Å². The van der Waals surface area contributed by atoms with Gasteiger partial charge < -0.3 is 5.11 Å². The van der Waals surface area contributed by atoms with Gasteiger partial charge in [0.25, 0.3) is 5.91 Å². The van der Waals surface area contributed by atoms with Gasteiger partial charge in [-0.05, 0) is 35.9 Å². The van der Waals surface area contributed by atoms with E-state index in [0.29, 0.717) is 11.1 Å². The number of rotatable bonds is 3. The van der Waals surface area contributed by atoms with Crippen molar-refractivity contribution in [1.82, 2.24) is 5.43 Å². The monoisotopic (exact) mass is 318 g/mol. The van der Waals surface area contributed by atoms with Crippen molar-refractivity contribution in [2.24, 2.45) is 5.10 Å². The zero-order valence-electron chi connectivity index (χ0n) is 9.88. The zero-order chi connectivity index (χ0) is 13.7. The van der Waals surface area contributed by atoms with Crippen LogP contribution in [-0.2, 0) is 0 Å².